The third-order valence-electron chi connectivity index (χ3n) is 20.2. The number of allylic oxidation sites excluding steroid dienone is 1. The predicted octanol–water partition coefficient (Wildman–Crippen LogP) is 26.5. The monoisotopic (exact) mass is 1190 g/mol. The summed E-state index contributed by atoms with van der Waals surface area (Å²) >= 11 is 1.97. The Bertz CT molecular complexity index is 3260. The van der Waals surface area contributed by atoms with Gasteiger partial charge in [-0.2, -0.15) is 0 Å². The summed E-state index contributed by atoms with van der Waals surface area (Å²) in [4.78, 5) is 20.5. The van der Waals surface area contributed by atoms with Gasteiger partial charge >= 0.3 is 0 Å². The highest BCUT2D eigenvalue weighted by Crippen LogP contribution is 2.52. The summed E-state index contributed by atoms with van der Waals surface area (Å²) in [5.74, 6) is 0.228. The van der Waals surface area contributed by atoms with Crippen molar-refractivity contribution in [2.75, 3.05) is 0 Å². The van der Waals surface area contributed by atoms with Gasteiger partial charge < -0.3 is 9.97 Å². The van der Waals surface area contributed by atoms with Gasteiger partial charge in [-0.05, 0) is 140 Å². The van der Waals surface area contributed by atoms with Crippen LogP contribution in [0.25, 0.3) is 66.1 Å². The number of thioether (sulfide) groups is 1. The zero-order chi connectivity index (χ0) is 60.4. The maximum Gasteiger partial charge on any atom is 0.0740 e. The molecule has 5 heteroatoms. The van der Waals surface area contributed by atoms with Crippen LogP contribution in [-0.4, -0.2) is 19.9 Å². The SMILES string of the molecule is CCCCCCCCc1ccc(CCCCCCCC)c2c1-c1cc3[nH]c(cc4nc(cc5[nH]c(cc-2n1)c1c(CCCCCCCC)ccc(CCCCCCCC)c51)C1SC=CC41)c1c(CCCCCCCC)ccc(CCCCCCCC)c31. The Morgan fingerprint density at radius 2 is 0.586 bits per heavy atom. The molecule has 87 heavy (non-hydrogen) atoms. The van der Waals surface area contributed by atoms with Crippen LogP contribution in [0.15, 0.2) is 72.1 Å². The maximum absolute atomic E-state index is 6.11. The molecule has 0 spiro atoms. The van der Waals surface area contributed by atoms with E-state index in [1.807, 2.05) is 11.8 Å². The van der Waals surface area contributed by atoms with Crippen molar-refractivity contribution in [2.45, 2.75) is 322 Å². The van der Waals surface area contributed by atoms with Crippen molar-refractivity contribution in [1.29, 1.82) is 0 Å². The van der Waals surface area contributed by atoms with Crippen molar-refractivity contribution in [1.82, 2.24) is 19.9 Å². The van der Waals surface area contributed by atoms with Gasteiger partial charge in [0.2, 0.25) is 0 Å². The number of aromatic amines is 2. The van der Waals surface area contributed by atoms with Crippen LogP contribution < -0.4 is 0 Å². The Kier molecular flexibility index (Phi) is 27.9. The Morgan fingerprint density at radius 1 is 0.310 bits per heavy atom. The number of aromatic nitrogens is 4. The van der Waals surface area contributed by atoms with Crippen LogP contribution >= 0.6 is 11.8 Å². The van der Waals surface area contributed by atoms with Crippen molar-refractivity contribution in [2.24, 2.45) is 0 Å². The van der Waals surface area contributed by atoms with Crippen molar-refractivity contribution in [3.63, 3.8) is 0 Å². The quantitative estimate of drug-likeness (QED) is 0.0375. The normalized spacial score (nSPS) is 14.6. The van der Waals surface area contributed by atoms with Gasteiger partial charge in [0.05, 0.1) is 28.0 Å². The molecule has 0 radical (unpaired) electrons. The summed E-state index contributed by atoms with van der Waals surface area (Å²) in [6, 6.07) is 25.4. The number of nitrogens with one attached hydrogen (secondary N) is 2. The van der Waals surface area contributed by atoms with Gasteiger partial charge in [0.15, 0.2) is 0 Å². The molecule has 472 valence electrons. The number of rotatable bonds is 42. The highest BCUT2D eigenvalue weighted by Gasteiger charge is 2.34. The van der Waals surface area contributed by atoms with E-state index in [0.717, 1.165) is 49.9 Å². The summed E-state index contributed by atoms with van der Waals surface area (Å²) in [6.45, 7) is 14.0. The molecular formula is C82H118N4S. The van der Waals surface area contributed by atoms with E-state index in [0.29, 0.717) is 0 Å². The lowest BCUT2D eigenvalue weighted by Crippen LogP contribution is -1.97. The number of aryl methyl sites for hydroxylation is 6. The van der Waals surface area contributed by atoms with Crippen molar-refractivity contribution >= 4 is 55.4 Å². The number of hydrogen-bond acceptors (Lipinski definition) is 3. The minimum absolute atomic E-state index is 0.228. The van der Waals surface area contributed by atoms with Crippen molar-refractivity contribution in [3.8, 4) is 22.5 Å². The topological polar surface area (TPSA) is 57.4 Å². The summed E-state index contributed by atoms with van der Waals surface area (Å²) < 4.78 is 0. The summed E-state index contributed by atoms with van der Waals surface area (Å²) in [7, 11) is 0. The number of H-pyrrole nitrogens is 2. The second-order valence-corrected chi connectivity index (χ2v) is 28.3. The van der Waals surface area contributed by atoms with Gasteiger partial charge in [-0.1, -0.05) is 277 Å². The molecule has 6 heterocycles. The number of benzene rings is 3. The molecule has 3 aliphatic heterocycles. The molecule has 4 nitrogen and oxygen atoms in total. The zero-order valence-corrected chi connectivity index (χ0v) is 56.9. The molecule has 3 aromatic carbocycles. The standard InChI is InChI=1S/C82H118N4S/c1-7-13-19-25-31-37-43-61-49-50-62(44-38-32-26-20-14-8-2)77-70-58-71-78-63(45-39-33-27-21-15-9-3)51-52-64(46-40-34-28-22-16-10-4)79(78)72(85-71)59-73-80-65(47-41-35-29-23-17-11-5)53-54-66(48-42-36-30-24-18-12-6)81(80)74(86-73)60-75-82-67(55-56-87-82)68(83-75)57-69(84-70)76(61)77/h49-60,67,82,84,86H,7-48H2,1-6H3. The first-order chi connectivity index (χ1) is 43.0. The Morgan fingerprint density at radius 3 is 0.920 bits per heavy atom. The van der Waals surface area contributed by atoms with Crippen LogP contribution in [0, 0.1) is 0 Å². The van der Waals surface area contributed by atoms with Crippen molar-refractivity contribution < 1.29 is 0 Å². The van der Waals surface area contributed by atoms with E-state index in [4.69, 9.17) is 9.97 Å². The summed E-state index contributed by atoms with van der Waals surface area (Å²) in [5.41, 5.74) is 21.4. The highest BCUT2D eigenvalue weighted by atomic mass is 32.2. The van der Waals surface area contributed by atoms with Crippen molar-refractivity contribution in [3.05, 3.63) is 117 Å². The fourth-order valence-electron chi connectivity index (χ4n) is 15.1. The maximum atomic E-state index is 6.11. The van der Waals surface area contributed by atoms with Gasteiger partial charge in [0, 0.05) is 60.7 Å². The summed E-state index contributed by atoms with van der Waals surface area (Å²) in [5, 5.41) is 8.37. The molecule has 0 fully saturated rings. The fourth-order valence-corrected chi connectivity index (χ4v) is 16.2. The van der Waals surface area contributed by atoms with E-state index in [1.165, 1.54) is 331 Å². The number of nitrogens with zero attached hydrogens (tertiary/aromatic N) is 2. The van der Waals surface area contributed by atoms with Gasteiger partial charge in [-0.25, -0.2) is 4.98 Å². The zero-order valence-electron chi connectivity index (χ0n) is 56.1. The Hall–Kier alpha value is -4.61. The molecule has 0 saturated heterocycles. The number of hydrogen-bond donors (Lipinski definition) is 2. The van der Waals surface area contributed by atoms with Crippen LogP contribution in [0.1, 0.15) is 329 Å². The first-order valence-electron chi connectivity index (χ1n) is 37.1. The molecular weight excluding hydrogens is 1070 g/mol. The molecule has 6 aromatic rings. The second kappa shape index (κ2) is 36.3. The molecule has 2 N–H and O–H groups in total. The lowest BCUT2D eigenvalue weighted by atomic mass is 9.88. The van der Waals surface area contributed by atoms with E-state index in [2.05, 4.69) is 124 Å². The van der Waals surface area contributed by atoms with Gasteiger partial charge in [0.1, 0.15) is 0 Å². The average Bonchev–Trinajstić information content (AvgIpc) is 1.85. The van der Waals surface area contributed by atoms with Crippen LogP contribution in [-0.2, 0) is 38.5 Å². The lowest BCUT2D eigenvalue weighted by molar-refractivity contribution is 0.606. The minimum atomic E-state index is 0.228. The molecule has 0 aliphatic carbocycles. The average molecular weight is 1190 g/mol. The molecule has 2 atom stereocenters. The molecule has 3 aliphatic rings. The minimum Gasteiger partial charge on any atom is -0.354 e. The van der Waals surface area contributed by atoms with Crippen LogP contribution in [0.4, 0.5) is 0 Å². The van der Waals surface area contributed by atoms with Gasteiger partial charge in [-0.3, -0.25) is 4.98 Å². The van der Waals surface area contributed by atoms with E-state index in [1.54, 1.807) is 0 Å². The van der Waals surface area contributed by atoms with E-state index >= 15 is 0 Å². The fraction of sp³-hybridized carbons (Fsp3) is 0.610. The molecule has 0 saturated carbocycles. The third-order valence-corrected chi connectivity index (χ3v) is 21.3. The summed E-state index contributed by atoms with van der Waals surface area (Å²) in [6.07, 6.45) is 55.8. The van der Waals surface area contributed by atoms with Crippen LogP contribution in [0.2, 0.25) is 0 Å². The molecule has 2 unspecified atom stereocenters. The first-order valence-corrected chi connectivity index (χ1v) is 38.0. The van der Waals surface area contributed by atoms with E-state index < -0.39 is 0 Å². The molecule has 9 rings (SSSR count). The predicted molar refractivity (Wildman–Crippen MR) is 385 cm³/mol. The third kappa shape index (κ3) is 18.1. The number of fused-ring (bicyclic) bond motifs is 20. The first kappa shape index (κ1) is 66.8. The Balaban J connectivity index is 1.34. The highest BCUT2D eigenvalue weighted by molar-refractivity contribution is 8.02. The van der Waals surface area contributed by atoms with Crippen LogP contribution in [0.3, 0.4) is 0 Å². The smallest absolute Gasteiger partial charge is 0.0740 e. The van der Waals surface area contributed by atoms with Crippen LogP contribution in [0.5, 0.6) is 0 Å². The largest absolute Gasteiger partial charge is 0.354 e. The van der Waals surface area contributed by atoms with E-state index in [9.17, 15) is 0 Å². The Labute approximate surface area is 534 Å². The molecule has 0 amide bonds. The number of unbranched alkanes of at least 4 members (excludes halogenated alkanes) is 30. The lowest BCUT2D eigenvalue weighted by Gasteiger charge is -2.14. The second-order valence-electron chi connectivity index (χ2n) is 27.2. The van der Waals surface area contributed by atoms with Gasteiger partial charge in [0.25, 0.3) is 0 Å². The van der Waals surface area contributed by atoms with Gasteiger partial charge in [-0.15, -0.1) is 11.8 Å². The van der Waals surface area contributed by atoms with E-state index in [-0.39, 0.29) is 11.2 Å². The molecule has 8 bridgehead atoms. The molecule has 3 aromatic heterocycles.